The van der Waals surface area contributed by atoms with Gasteiger partial charge < -0.3 is 14.7 Å². The molecule has 118 valence electrons. The molecule has 3 rings (SSSR count). The van der Waals surface area contributed by atoms with Crippen LogP contribution in [0.4, 0.5) is 0 Å². The Morgan fingerprint density at radius 2 is 2.18 bits per heavy atom. The fourth-order valence-electron chi connectivity index (χ4n) is 2.78. The standard InChI is InChI=1S/C16H20N4O.HI/c1-17-16(18-11-15-8-10-21-19-15)20-9-7-14(12-20)13-5-3-2-4-6-13;/h2-6,8,10,14H,7,9,11-12H2,1H3,(H,17,18);1H. The quantitative estimate of drug-likeness (QED) is 0.479. The molecule has 1 aromatic carbocycles. The molecule has 1 aliphatic heterocycles. The Kier molecular flexibility index (Phi) is 6.23. The van der Waals surface area contributed by atoms with Gasteiger partial charge in [-0.05, 0) is 12.0 Å². The van der Waals surface area contributed by atoms with Crippen molar-refractivity contribution in [2.75, 3.05) is 20.1 Å². The van der Waals surface area contributed by atoms with E-state index in [1.807, 2.05) is 13.1 Å². The molecule has 1 N–H and O–H groups in total. The molecule has 0 bridgehead atoms. The van der Waals surface area contributed by atoms with Crippen molar-refractivity contribution in [2.45, 2.75) is 18.9 Å². The third-order valence-corrected chi connectivity index (χ3v) is 3.89. The number of benzene rings is 1. The number of guanidine groups is 1. The summed E-state index contributed by atoms with van der Waals surface area (Å²) in [7, 11) is 1.82. The number of hydrogen-bond donors (Lipinski definition) is 1. The van der Waals surface area contributed by atoms with Crippen molar-refractivity contribution in [3.8, 4) is 0 Å². The van der Waals surface area contributed by atoms with Crippen LogP contribution < -0.4 is 5.32 Å². The van der Waals surface area contributed by atoms with Gasteiger partial charge >= 0.3 is 0 Å². The molecular formula is C16H21IN4O. The fraction of sp³-hybridized carbons (Fsp3) is 0.375. The topological polar surface area (TPSA) is 53.7 Å². The molecule has 1 atom stereocenters. The summed E-state index contributed by atoms with van der Waals surface area (Å²) in [6, 6.07) is 12.6. The largest absolute Gasteiger partial charge is 0.364 e. The van der Waals surface area contributed by atoms with E-state index >= 15 is 0 Å². The first kappa shape index (κ1) is 16.8. The number of aliphatic imine (C=N–C) groups is 1. The molecule has 1 fully saturated rings. The molecule has 2 aromatic rings. The second-order valence-corrected chi connectivity index (χ2v) is 5.23. The Bertz CT molecular complexity index is 585. The molecule has 0 saturated carbocycles. The van der Waals surface area contributed by atoms with Crippen LogP contribution >= 0.6 is 24.0 Å². The van der Waals surface area contributed by atoms with E-state index in [2.05, 4.69) is 50.7 Å². The van der Waals surface area contributed by atoms with Crippen LogP contribution in [0, 0.1) is 0 Å². The molecule has 1 aliphatic rings. The molecule has 0 radical (unpaired) electrons. The van der Waals surface area contributed by atoms with Gasteiger partial charge in [0.1, 0.15) is 12.0 Å². The molecule has 6 heteroatoms. The average molecular weight is 412 g/mol. The zero-order valence-electron chi connectivity index (χ0n) is 12.6. The fourth-order valence-corrected chi connectivity index (χ4v) is 2.78. The number of hydrogen-bond acceptors (Lipinski definition) is 3. The monoisotopic (exact) mass is 412 g/mol. The molecule has 1 aromatic heterocycles. The van der Waals surface area contributed by atoms with Crippen LogP contribution in [0.2, 0.25) is 0 Å². The molecule has 22 heavy (non-hydrogen) atoms. The maximum atomic E-state index is 4.84. The Balaban J connectivity index is 0.00000176. The van der Waals surface area contributed by atoms with Gasteiger partial charge in [0.15, 0.2) is 5.96 Å². The number of rotatable bonds is 3. The van der Waals surface area contributed by atoms with Crippen molar-refractivity contribution in [2.24, 2.45) is 4.99 Å². The average Bonchev–Trinajstić information content (AvgIpc) is 3.20. The zero-order valence-corrected chi connectivity index (χ0v) is 14.9. The summed E-state index contributed by atoms with van der Waals surface area (Å²) in [6.45, 7) is 2.66. The summed E-state index contributed by atoms with van der Waals surface area (Å²) < 4.78 is 4.84. The van der Waals surface area contributed by atoms with E-state index < -0.39 is 0 Å². The van der Waals surface area contributed by atoms with Crippen molar-refractivity contribution in [1.82, 2.24) is 15.4 Å². The normalized spacial score (nSPS) is 18.1. The van der Waals surface area contributed by atoms with E-state index in [1.54, 1.807) is 6.26 Å². The number of nitrogens with one attached hydrogen (secondary N) is 1. The summed E-state index contributed by atoms with van der Waals surface area (Å²) in [5.74, 6) is 1.51. The lowest BCUT2D eigenvalue weighted by Crippen LogP contribution is -2.39. The van der Waals surface area contributed by atoms with Gasteiger partial charge in [0, 0.05) is 32.1 Å². The highest BCUT2D eigenvalue weighted by molar-refractivity contribution is 14.0. The predicted molar refractivity (Wildman–Crippen MR) is 97.5 cm³/mol. The van der Waals surface area contributed by atoms with Crippen molar-refractivity contribution in [3.05, 3.63) is 53.9 Å². The minimum absolute atomic E-state index is 0. The molecule has 5 nitrogen and oxygen atoms in total. The molecule has 1 saturated heterocycles. The number of likely N-dealkylation sites (tertiary alicyclic amines) is 1. The summed E-state index contributed by atoms with van der Waals surface area (Å²) >= 11 is 0. The maximum absolute atomic E-state index is 4.84. The lowest BCUT2D eigenvalue weighted by atomic mass is 9.99. The first-order chi connectivity index (χ1) is 10.4. The van der Waals surface area contributed by atoms with E-state index in [0.717, 1.165) is 31.2 Å². The summed E-state index contributed by atoms with van der Waals surface area (Å²) in [6.07, 6.45) is 2.75. The lowest BCUT2D eigenvalue weighted by Gasteiger charge is -2.21. The number of nitrogens with zero attached hydrogens (tertiary/aromatic N) is 3. The van der Waals surface area contributed by atoms with Gasteiger partial charge in [0.25, 0.3) is 0 Å². The van der Waals surface area contributed by atoms with Gasteiger partial charge in [-0.3, -0.25) is 4.99 Å². The van der Waals surface area contributed by atoms with Gasteiger partial charge in [0.05, 0.1) is 6.54 Å². The number of aromatic nitrogens is 1. The second-order valence-electron chi connectivity index (χ2n) is 5.23. The smallest absolute Gasteiger partial charge is 0.193 e. The van der Waals surface area contributed by atoms with Crippen LogP contribution in [-0.4, -0.2) is 36.2 Å². The van der Waals surface area contributed by atoms with Crippen LogP contribution in [0.5, 0.6) is 0 Å². The summed E-state index contributed by atoms with van der Waals surface area (Å²) in [4.78, 5) is 6.67. The first-order valence-electron chi connectivity index (χ1n) is 7.26. The molecule has 0 spiro atoms. The highest BCUT2D eigenvalue weighted by Gasteiger charge is 2.25. The predicted octanol–water partition coefficient (Wildman–Crippen LogP) is 2.86. The third-order valence-electron chi connectivity index (χ3n) is 3.89. The van der Waals surface area contributed by atoms with Gasteiger partial charge in [-0.1, -0.05) is 35.5 Å². The van der Waals surface area contributed by atoms with E-state index in [0.29, 0.717) is 12.5 Å². The van der Waals surface area contributed by atoms with Crippen LogP contribution in [0.15, 0.2) is 52.2 Å². The Hall–Kier alpha value is -1.57. The Labute approximate surface area is 147 Å². The molecular weight excluding hydrogens is 391 g/mol. The molecule has 2 heterocycles. The van der Waals surface area contributed by atoms with Crippen LogP contribution in [-0.2, 0) is 6.54 Å². The lowest BCUT2D eigenvalue weighted by molar-refractivity contribution is 0.409. The van der Waals surface area contributed by atoms with Crippen molar-refractivity contribution < 1.29 is 4.52 Å². The van der Waals surface area contributed by atoms with Crippen molar-refractivity contribution in [1.29, 1.82) is 0 Å². The minimum Gasteiger partial charge on any atom is -0.364 e. The number of halogens is 1. The van der Waals surface area contributed by atoms with Gasteiger partial charge in [0.2, 0.25) is 0 Å². The van der Waals surface area contributed by atoms with Crippen molar-refractivity contribution in [3.63, 3.8) is 0 Å². The second kappa shape index (κ2) is 8.17. The summed E-state index contributed by atoms with van der Waals surface area (Å²) in [5, 5.41) is 7.24. The van der Waals surface area contributed by atoms with Crippen molar-refractivity contribution >= 4 is 29.9 Å². The Morgan fingerprint density at radius 3 is 2.86 bits per heavy atom. The highest BCUT2D eigenvalue weighted by Crippen LogP contribution is 2.26. The van der Waals surface area contributed by atoms with E-state index in [1.165, 1.54) is 5.56 Å². The van der Waals surface area contributed by atoms with Gasteiger partial charge in [-0.25, -0.2) is 0 Å². The molecule has 0 aliphatic carbocycles. The Morgan fingerprint density at radius 1 is 1.36 bits per heavy atom. The van der Waals surface area contributed by atoms with Crippen LogP contribution in [0.1, 0.15) is 23.6 Å². The third kappa shape index (κ3) is 4.00. The van der Waals surface area contributed by atoms with Crippen LogP contribution in [0.3, 0.4) is 0 Å². The van der Waals surface area contributed by atoms with Gasteiger partial charge in [-0.15, -0.1) is 24.0 Å². The first-order valence-corrected chi connectivity index (χ1v) is 7.26. The zero-order chi connectivity index (χ0) is 14.5. The van der Waals surface area contributed by atoms with E-state index in [4.69, 9.17) is 4.52 Å². The molecule has 0 amide bonds. The van der Waals surface area contributed by atoms with E-state index in [9.17, 15) is 0 Å². The summed E-state index contributed by atoms with van der Waals surface area (Å²) in [5.41, 5.74) is 2.29. The van der Waals surface area contributed by atoms with E-state index in [-0.39, 0.29) is 24.0 Å². The highest BCUT2D eigenvalue weighted by atomic mass is 127. The SMILES string of the molecule is CN=C(NCc1ccon1)N1CCC(c2ccccc2)C1.I. The molecule has 1 unspecified atom stereocenters. The maximum Gasteiger partial charge on any atom is 0.193 e. The minimum atomic E-state index is 0. The van der Waals surface area contributed by atoms with Crippen LogP contribution in [0.25, 0.3) is 0 Å². The van der Waals surface area contributed by atoms with Gasteiger partial charge in [-0.2, -0.15) is 0 Å².